The Bertz CT molecular complexity index is 829. The van der Waals surface area contributed by atoms with Crippen molar-refractivity contribution in [2.75, 3.05) is 18.0 Å². The van der Waals surface area contributed by atoms with Crippen LogP contribution in [0.25, 0.3) is 0 Å². The van der Waals surface area contributed by atoms with Crippen molar-refractivity contribution in [3.63, 3.8) is 0 Å². The molecule has 1 amide bonds. The maximum absolute atomic E-state index is 13.7. The molecule has 1 saturated heterocycles. The lowest BCUT2D eigenvalue weighted by Gasteiger charge is -2.38. The molecule has 2 fully saturated rings. The van der Waals surface area contributed by atoms with E-state index in [0.717, 1.165) is 51.6 Å². The molecule has 0 unspecified atom stereocenters. The van der Waals surface area contributed by atoms with E-state index in [-0.39, 0.29) is 28.2 Å². The van der Waals surface area contributed by atoms with Crippen molar-refractivity contribution >= 4 is 28.9 Å². The minimum Gasteiger partial charge on any atom is -0.477 e. The molecule has 6 heteroatoms. The van der Waals surface area contributed by atoms with Crippen LogP contribution in [-0.2, 0) is 4.79 Å². The van der Waals surface area contributed by atoms with E-state index in [0.29, 0.717) is 16.5 Å². The van der Waals surface area contributed by atoms with Gasteiger partial charge in [-0.15, -0.1) is 11.3 Å². The zero-order valence-electron chi connectivity index (χ0n) is 18.6. The van der Waals surface area contributed by atoms with Gasteiger partial charge in [0.15, 0.2) is 0 Å². The smallest absolute Gasteiger partial charge is 0.348 e. The first-order chi connectivity index (χ1) is 14.2. The summed E-state index contributed by atoms with van der Waals surface area (Å²) in [5, 5.41) is 13.2. The number of nitrogens with zero attached hydrogens (tertiary/aromatic N) is 1. The first kappa shape index (κ1) is 22.8. The highest BCUT2D eigenvalue weighted by Gasteiger charge is 2.36. The zero-order chi connectivity index (χ0) is 21.9. The summed E-state index contributed by atoms with van der Waals surface area (Å²) < 4.78 is 0. The van der Waals surface area contributed by atoms with Crippen LogP contribution in [-0.4, -0.2) is 36.1 Å². The highest BCUT2D eigenvalue weighted by molar-refractivity contribution is 7.15. The quantitative estimate of drug-likeness (QED) is 0.676. The highest BCUT2D eigenvalue weighted by Crippen LogP contribution is 2.37. The number of piperidine rings is 1. The summed E-state index contributed by atoms with van der Waals surface area (Å²) >= 11 is 1.18. The molecular formula is C24H34N2O3S. The van der Waals surface area contributed by atoms with Crippen LogP contribution >= 0.6 is 11.3 Å². The SMILES string of the molecule is CC(C)(C)C#Cc1cc(N(C(=O)[C@H]2CC[C@H](C)CC2)C2CCNCC2)c(C(=O)O)s1. The number of carbonyl (C=O) groups excluding carboxylic acids is 1. The molecule has 2 aliphatic rings. The van der Waals surface area contributed by atoms with E-state index in [1.54, 1.807) is 0 Å². The van der Waals surface area contributed by atoms with Crippen LogP contribution < -0.4 is 10.2 Å². The van der Waals surface area contributed by atoms with Crippen LogP contribution in [0.3, 0.4) is 0 Å². The van der Waals surface area contributed by atoms with Gasteiger partial charge in [0, 0.05) is 17.4 Å². The van der Waals surface area contributed by atoms with Crippen molar-refractivity contribution in [1.29, 1.82) is 0 Å². The van der Waals surface area contributed by atoms with Crippen molar-refractivity contribution in [1.82, 2.24) is 5.32 Å². The molecule has 1 aliphatic carbocycles. The Morgan fingerprint density at radius 3 is 2.33 bits per heavy atom. The molecule has 1 aromatic heterocycles. The molecule has 0 bridgehead atoms. The van der Waals surface area contributed by atoms with Gasteiger partial charge in [0.2, 0.25) is 5.91 Å². The normalized spacial score (nSPS) is 22.8. The summed E-state index contributed by atoms with van der Waals surface area (Å²) in [4.78, 5) is 28.5. The fourth-order valence-corrected chi connectivity index (χ4v) is 5.13. The lowest BCUT2D eigenvalue weighted by molar-refractivity contribution is -0.124. The van der Waals surface area contributed by atoms with Crippen LogP contribution in [0.2, 0.25) is 0 Å². The third-order valence-corrected chi connectivity index (χ3v) is 7.03. The number of nitrogens with one attached hydrogen (secondary N) is 1. The molecule has 3 rings (SSSR count). The van der Waals surface area contributed by atoms with Crippen LogP contribution in [0.1, 0.15) is 80.8 Å². The van der Waals surface area contributed by atoms with Crippen LogP contribution in [0.4, 0.5) is 5.69 Å². The standard InChI is InChI=1S/C24H34N2O3S/c1-16-5-7-17(8-6-16)22(27)26(18-10-13-25-14-11-18)20-15-19(9-12-24(2,3)4)30-21(20)23(28)29/h15-18,25H,5-8,10-11,13-14H2,1-4H3,(H,28,29)/t16-,17-. The number of hydrogen-bond donors (Lipinski definition) is 2. The molecule has 1 aliphatic heterocycles. The number of carbonyl (C=O) groups is 2. The lowest BCUT2D eigenvalue weighted by Crippen LogP contribution is -2.49. The minimum absolute atomic E-state index is 0.0123. The van der Waals surface area contributed by atoms with E-state index in [9.17, 15) is 14.7 Å². The number of rotatable bonds is 4. The molecule has 164 valence electrons. The van der Waals surface area contributed by atoms with E-state index in [2.05, 4.69) is 24.1 Å². The van der Waals surface area contributed by atoms with Gasteiger partial charge in [0.05, 0.1) is 10.6 Å². The van der Waals surface area contributed by atoms with Gasteiger partial charge in [0.25, 0.3) is 0 Å². The van der Waals surface area contributed by atoms with E-state index in [4.69, 9.17) is 0 Å². The van der Waals surface area contributed by atoms with Gasteiger partial charge in [-0.05, 0) is 84.4 Å². The Hall–Kier alpha value is -1.84. The molecule has 30 heavy (non-hydrogen) atoms. The van der Waals surface area contributed by atoms with Gasteiger partial charge in [-0.2, -0.15) is 0 Å². The van der Waals surface area contributed by atoms with E-state index >= 15 is 0 Å². The summed E-state index contributed by atoms with van der Waals surface area (Å²) in [6.45, 7) is 10.0. The summed E-state index contributed by atoms with van der Waals surface area (Å²) in [7, 11) is 0. The van der Waals surface area contributed by atoms with Crippen LogP contribution in [0, 0.1) is 29.1 Å². The molecule has 2 N–H and O–H groups in total. The van der Waals surface area contributed by atoms with Crippen molar-refractivity contribution < 1.29 is 14.7 Å². The molecular weight excluding hydrogens is 396 g/mol. The molecule has 1 saturated carbocycles. The summed E-state index contributed by atoms with van der Waals surface area (Å²) in [5.74, 6) is 6.09. The first-order valence-electron chi connectivity index (χ1n) is 11.1. The number of thiophene rings is 1. The van der Waals surface area contributed by atoms with Gasteiger partial charge in [-0.1, -0.05) is 18.8 Å². The van der Waals surface area contributed by atoms with Gasteiger partial charge >= 0.3 is 5.97 Å². The Balaban J connectivity index is 1.99. The largest absolute Gasteiger partial charge is 0.477 e. The Kier molecular flexibility index (Phi) is 7.26. The van der Waals surface area contributed by atoms with Crippen LogP contribution in [0.15, 0.2) is 6.07 Å². The van der Waals surface area contributed by atoms with Gasteiger partial charge in [-0.25, -0.2) is 4.79 Å². The average molecular weight is 431 g/mol. The number of hydrogen-bond acceptors (Lipinski definition) is 4. The molecule has 1 aromatic rings. The van der Waals surface area contributed by atoms with Crippen LogP contribution in [0.5, 0.6) is 0 Å². The Morgan fingerprint density at radius 1 is 1.13 bits per heavy atom. The van der Waals surface area contributed by atoms with Gasteiger partial charge < -0.3 is 15.3 Å². The van der Waals surface area contributed by atoms with E-state index in [1.807, 2.05) is 31.7 Å². The molecule has 0 radical (unpaired) electrons. The average Bonchev–Trinajstić information content (AvgIpc) is 3.12. The Labute approximate surface area is 184 Å². The summed E-state index contributed by atoms with van der Waals surface area (Å²) in [6, 6.07) is 1.87. The maximum Gasteiger partial charge on any atom is 0.348 e. The van der Waals surface area contributed by atoms with Crippen molar-refractivity contribution in [3.8, 4) is 11.8 Å². The van der Waals surface area contributed by atoms with E-state index < -0.39 is 5.97 Å². The second-order valence-corrected chi connectivity index (χ2v) is 10.8. The first-order valence-corrected chi connectivity index (χ1v) is 11.9. The van der Waals surface area contributed by atoms with Crippen molar-refractivity contribution in [2.45, 2.75) is 72.3 Å². The molecule has 0 aromatic carbocycles. The fourth-order valence-electron chi connectivity index (χ4n) is 4.29. The number of amides is 1. The molecule has 0 spiro atoms. The number of aromatic carboxylic acids is 1. The highest BCUT2D eigenvalue weighted by atomic mass is 32.1. The maximum atomic E-state index is 13.7. The van der Waals surface area contributed by atoms with Gasteiger partial charge in [-0.3, -0.25) is 4.79 Å². The predicted octanol–water partition coefficient (Wildman–Crippen LogP) is 4.76. The van der Waals surface area contributed by atoms with Crippen molar-refractivity contribution in [3.05, 3.63) is 15.8 Å². The monoisotopic (exact) mass is 430 g/mol. The second-order valence-electron chi connectivity index (χ2n) is 9.78. The summed E-state index contributed by atoms with van der Waals surface area (Å²) in [6.07, 6.45) is 5.59. The number of carboxylic acids is 1. The minimum atomic E-state index is -0.984. The third-order valence-electron chi connectivity index (χ3n) is 6.00. The topological polar surface area (TPSA) is 69.6 Å². The fraction of sp³-hybridized carbons (Fsp3) is 0.667. The molecule has 5 nitrogen and oxygen atoms in total. The second kappa shape index (κ2) is 9.53. The Morgan fingerprint density at radius 2 is 1.77 bits per heavy atom. The van der Waals surface area contributed by atoms with Gasteiger partial charge in [0.1, 0.15) is 4.88 Å². The molecule has 0 atom stereocenters. The number of anilines is 1. The summed E-state index contributed by atoms with van der Waals surface area (Å²) in [5.41, 5.74) is 0.373. The third kappa shape index (κ3) is 5.65. The lowest BCUT2D eigenvalue weighted by atomic mass is 9.82. The molecule has 2 heterocycles. The van der Waals surface area contributed by atoms with Crippen molar-refractivity contribution in [2.24, 2.45) is 17.3 Å². The predicted molar refractivity (Wildman–Crippen MR) is 122 cm³/mol. The number of carboxylic acid groups (broad SMARTS) is 1. The van der Waals surface area contributed by atoms with E-state index in [1.165, 1.54) is 11.3 Å². The zero-order valence-corrected chi connectivity index (χ0v) is 19.4.